The maximum Gasteiger partial charge on any atom is 0.267 e. The van der Waals surface area contributed by atoms with Crippen LogP contribution < -0.4 is 19.7 Å². The number of fused-ring (bicyclic) bond motifs is 1. The molecule has 0 bridgehead atoms. The molecule has 5 rings (SSSR count). The number of anilines is 2. The molecule has 0 aromatic heterocycles. The number of ether oxygens (including phenoxy) is 1. The Morgan fingerprint density at radius 1 is 0.872 bits per heavy atom. The van der Waals surface area contributed by atoms with E-state index >= 15 is 0 Å². The predicted molar refractivity (Wildman–Crippen MR) is 150 cm³/mol. The van der Waals surface area contributed by atoms with Gasteiger partial charge in [-0.05, 0) is 54.1 Å². The summed E-state index contributed by atoms with van der Waals surface area (Å²) < 4.78 is 34.2. The van der Waals surface area contributed by atoms with E-state index in [1.807, 2.05) is 30.3 Å². The SMILES string of the molecule is O=C(NCc1ccccc1)c1ccccc1NC(=O)C1CN(S(=O)(=O)c2ccc(Cl)cc2)c2ccccc2O1. The molecule has 0 saturated heterocycles. The molecule has 0 radical (unpaired) electrons. The van der Waals surface area contributed by atoms with Crippen LogP contribution in [-0.4, -0.2) is 32.9 Å². The third-order valence-corrected chi connectivity index (χ3v) is 8.20. The summed E-state index contributed by atoms with van der Waals surface area (Å²) in [5.74, 6) is -0.712. The largest absolute Gasteiger partial charge is 0.476 e. The van der Waals surface area contributed by atoms with Gasteiger partial charge in [-0.1, -0.05) is 66.2 Å². The first kappa shape index (κ1) is 26.3. The summed E-state index contributed by atoms with van der Waals surface area (Å²) in [6, 6.07) is 28.5. The average molecular weight is 562 g/mol. The summed E-state index contributed by atoms with van der Waals surface area (Å²) in [4.78, 5) is 26.3. The van der Waals surface area contributed by atoms with E-state index in [1.165, 1.54) is 24.3 Å². The molecule has 2 N–H and O–H groups in total. The Kier molecular flexibility index (Phi) is 7.53. The molecule has 0 spiro atoms. The minimum atomic E-state index is -4.04. The first-order valence-electron chi connectivity index (χ1n) is 12.1. The second-order valence-electron chi connectivity index (χ2n) is 8.77. The Morgan fingerprint density at radius 2 is 1.54 bits per heavy atom. The average Bonchev–Trinajstić information content (AvgIpc) is 2.96. The van der Waals surface area contributed by atoms with Crippen LogP contribution in [0.5, 0.6) is 5.75 Å². The lowest BCUT2D eigenvalue weighted by Gasteiger charge is -2.34. The van der Waals surface area contributed by atoms with Gasteiger partial charge in [0.15, 0.2) is 6.10 Å². The minimum absolute atomic E-state index is 0.0307. The minimum Gasteiger partial charge on any atom is -0.476 e. The zero-order valence-corrected chi connectivity index (χ0v) is 22.2. The van der Waals surface area contributed by atoms with E-state index in [9.17, 15) is 18.0 Å². The van der Waals surface area contributed by atoms with Gasteiger partial charge < -0.3 is 15.4 Å². The fourth-order valence-corrected chi connectivity index (χ4v) is 5.78. The highest BCUT2D eigenvalue weighted by Gasteiger charge is 2.37. The lowest BCUT2D eigenvalue weighted by molar-refractivity contribution is -0.122. The molecule has 2 amide bonds. The van der Waals surface area contributed by atoms with Gasteiger partial charge >= 0.3 is 0 Å². The van der Waals surface area contributed by atoms with Crippen molar-refractivity contribution in [1.29, 1.82) is 0 Å². The smallest absolute Gasteiger partial charge is 0.267 e. The molecule has 1 aliphatic heterocycles. The number of para-hydroxylation sites is 3. The molecule has 4 aromatic rings. The molecule has 0 saturated carbocycles. The first-order chi connectivity index (χ1) is 18.8. The Bertz CT molecular complexity index is 1610. The third kappa shape index (κ3) is 5.74. The number of rotatable bonds is 7. The molecule has 198 valence electrons. The van der Waals surface area contributed by atoms with Gasteiger partial charge in [-0.2, -0.15) is 0 Å². The molecule has 39 heavy (non-hydrogen) atoms. The summed E-state index contributed by atoms with van der Waals surface area (Å²) in [5, 5.41) is 6.00. The number of nitrogens with one attached hydrogen (secondary N) is 2. The summed E-state index contributed by atoms with van der Waals surface area (Å²) in [7, 11) is -4.04. The monoisotopic (exact) mass is 561 g/mol. The Balaban J connectivity index is 1.37. The lowest BCUT2D eigenvalue weighted by atomic mass is 10.1. The number of carbonyl (C=O) groups is 2. The van der Waals surface area contributed by atoms with Crippen LogP contribution in [0.15, 0.2) is 108 Å². The molecule has 1 heterocycles. The molecule has 1 atom stereocenters. The Morgan fingerprint density at radius 3 is 2.31 bits per heavy atom. The van der Waals surface area contributed by atoms with E-state index in [0.29, 0.717) is 17.3 Å². The second-order valence-corrected chi connectivity index (χ2v) is 11.1. The maximum absolute atomic E-state index is 13.6. The first-order valence-corrected chi connectivity index (χ1v) is 13.9. The number of nitrogens with zero attached hydrogens (tertiary/aromatic N) is 1. The number of halogens is 1. The fourth-order valence-electron chi connectivity index (χ4n) is 4.18. The highest BCUT2D eigenvalue weighted by atomic mass is 35.5. The molecule has 0 aliphatic carbocycles. The van der Waals surface area contributed by atoms with Gasteiger partial charge in [0.25, 0.3) is 21.8 Å². The van der Waals surface area contributed by atoms with Crippen LogP contribution in [0.25, 0.3) is 0 Å². The molecule has 0 fully saturated rings. The van der Waals surface area contributed by atoms with E-state index in [0.717, 1.165) is 9.87 Å². The van der Waals surface area contributed by atoms with Gasteiger partial charge in [-0.25, -0.2) is 8.42 Å². The van der Waals surface area contributed by atoms with Crippen LogP contribution >= 0.6 is 11.6 Å². The van der Waals surface area contributed by atoms with E-state index in [1.54, 1.807) is 48.5 Å². The molecule has 4 aromatic carbocycles. The molecule has 1 unspecified atom stereocenters. The third-order valence-electron chi connectivity index (χ3n) is 6.15. The van der Waals surface area contributed by atoms with Gasteiger partial charge in [0.1, 0.15) is 5.75 Å². The molecule has 1 aliphatic rings. The zero-order valence-electron chi connectivity index (χ0n) is 20.6. The number of amides is 2. The van der Waals surface area contributed by atoms with Crippen molar-refractivity contribution in [3.05, 3.63) is 119 Å². The van der Waals surface area contributed by atoms with Crippen LogP contribution in [0.1, 0.15) is 15.9 Å². The Labute approximate surface area is 231 Å². The van der Waals surface area contributed by atoms with E-state index in [4.69, 9.17) is 16.3 Å². The summed E-state index contributed by atoms with van der Waals surface area (Å²) >= 11 is 5.95. The summed E-state index contributed by atoms with van der Waals surface area (Å²) in [6.45, 7) is 0.0537. The van der Waals surface area contributed by atoms with E-state index in [-0.39, 0.29) is 34.3 Å². The van der Waals surface area contributed by atoms with Crippen molar-refractivity contribution in [2.75, 3.05) is 16.2 Å². The van der Waals surface area contributed by atoms with Crippen molar-refractivity contribution in [2.45, 2.75) is 17.5 Å². The number of hydrogen-bond donors (Lipinski definition) is 2. The van der Waals surface area contributed by atoms with E-state index < -0.39 is 22.0 Å². The van der Waals surface area contributed by atoms with Crippen LogP contribution in [-0.2, 0) is 21.4 Å². The number of hydrogen-bond acceptors (Lipinski definition) is 5. The lowest BCUT2D eigenvalue weighted by Crippen LogP contribution is -2.49. The topological polar surface area (TPSA) is 105 Å². The highest BCUT2D eigenvalue weighted by Crippen LogP contribution is 2.37. The van der Waals surface area contributed by atoms with E-state index in [2.05, 4.69) is 10.6 Å². The van der Waals surface area contributed by atoms with Crippen molar-refractivity contribution in [3.8, 4) is 5.75 Å². The number of benzene rings is 4. The summed E-state index contributed by atoms with van der Waals surface area (Å²) in [5.41, 5.74) is 1.80. The normalized spacial score (nSPS) is 14.6. The summed E-state index contributed by atoms with van der Waals surface area (Å²) in [6.07, 6.45) is -1.18. The van der Waals surface area contributed by atoms with Gasteiger partial charge in [-0.15, -0.1) is 0 Å². The quantitative estimate of drug-likeness (QED) is 0.335. The van der Waals surface area contributed by atoms with Gasteiger partial charge in [0.2, 0.25) is 0 Å². The van der Waals surface area contributed by atoms with Crippen molar-refractivity contribution in [1.82, 2.24) is 5.32 Å². The Hall–Kier alpha value is -4.34. The van der Waals surface area contributed by atoms with Crippen LogP contribution in [0, 0.1) is 0 Å². The molecular formula is C29H24ClN3O5S. The molecule has 10 heteroatoms. The van der Waals surface area contributed by atoms with Gasteiger partial charge in [-0.3, -0.25) is 13.9 Å². The standard InChI is InChI=1S/C29H24ClN3O5S/c30-21-14-16-22(17-15-21)39(36,37)33-19-27(38-26-13-7-6-12-25(26)33)29(35)32-24-11-5-4-10-23(24)28(34)31-18-20-8-2-1-3-9-20/h1-17,27H,18-19H2,(H,31,34)(H,32,35). The van der Waals surface area contributed by atoms with Crippen molar-refractivity contribution in [2.24, 2.45) is 0 Å². The number of carbonyl (C=O) groups excluding carboxylic acids is 2. The maximum atomic E-state index is 13.6. The van der Waals surface area contributed by atoms with Crippen LogP contribution in [0.2, 0.25) is 5.02 Å². The van der Waals surface area contributed by atoms with Crippen LogP contribution in [0.3, 0.4) is 0 Å². The van der Waals surface area contributed by atoms with Gasteiger partial charge in [0, 0.05) is 11.6 Å². The van der Waals surface area contributed by atoms with Gasteiger partial charge in [0.05, 0.1) is 28.4 Å². The second kappa shape index (κ2) is 11.2. The van der Waals surface area contributed by atoms with Crippen molar-refractivity contribution >= 4 is 44.8 Å². The predicted octanol–water partition coefficient (Wildman–Crippen LogP) is 4.87. The van der Waals surface area contributed by atoms with Crippen molar-refractivity contribution < 1.29 is 22.7 Å². The molecule has 8 nitrogen and oxygen atoms in total. The highest BCUT2D eigenvalue weighted by molar-refractivity contribution is 7.92. The molecular weight excluding hydrogens is 538 g/mol. The number of sulfonamides is 1. The zero-order chi connectivity index (χ0) is 27.4. The van der Waals surface area contributed by atoms with Crippen LogP contribution in [0.4, 0.5) is 11.4 Å². The fraction of sp³-hybridized carbons (Fsp3) is 0.103. The van der Waals surface area contributed by atoms with Crippen molar-refractivity contribution in [3.63, 3.8) is 0 Å².